The zero-order valence-electron chi connectivity index (χ0n) is 69.9. The smallest absolute Gasteiger partial charge is 0.292 e. The monoisotopic (exact) mass is 1640 g/mol. The third kappa shape index (κ3) is 31.0. The van der Waals surface area contributed by atoms with Crippen molar-refractivity contribution in [1.29, 1.82) is 0 Å². The van der Waals surface area contributed by atoms with Crippen molar-refractivity contribution in [2.24, 2.45) is 0 Å². The summed E-state index contributed by atoms with van der Waals surface area (Å²) in [4.78, 5) is 125. The van der Waals surface area contributed by atoms with E-state index in [0.29, 0.717) is 34.0 Å². The Labute approximate surface area is 716 Å². The number of amides is 7. The zero-order valence-corrected chi connectivity index (χ0v) is 70.7. The van der Waals surface area contributed by atoms with Crippen LogP contribution < -0.4 is 42.1 Å². The van der Waals surface area contributed by atoms with Gasteiger partial charge in [0.05, 0.1) is 11.1 Å². The van der Waals surface area contributed by atoms with Crippen LogP contribution >= 0.6 is 11.3 Å². The SMILES string of the molecule is CN(C)c1ccc(NC(=O)c2ccccn2)cc1.Cc1ccc(CC(=O)C(=O)Nc2ccc(C)cc2C)c(C)c1.Cc1cccc(CC(=O)C(=O)Nc2cccc(C)c2C)c1C.Cc1ccccc1C(=O)Nc1ccccc1.O=C(Nc1ccccc1)c1ccccn1.O=C(Nc1ccccc1)c1cccs1.O=C(Nc1ccccc1)c1cnccn1. The Bertz CT molecular complexity index is 5540. The van der Waals surface area contributed by atoms with Crippen LogP contribution in [0.15, 0.2) is 328 Å². The number of pyridine rings is 2. The van der Waals surface area contributed by atoms with Crippen LogP contribution in [0.1, 0.15) is 113 Å². The predicted octanol–water partition coefficient (Wildman–Crippen LogP) is 20.1. The maximum Gasteiger partial charge on any atom is 0.292 e. The number of rotatable bonds is 19. The van der Waals surface area contributed by atoms with E-state index in [9.17, 15) is 43.2 Å². The van der Waals surface area contributed by atoms with Crippen LogP contribution in [0.2, 0.25) is 0 Å². The standard InChI is InChI=1S/2C19H21NO2.C14H15N3O.C14H13NO.C12H10N2O.C11H9N3O.C11H9NOS/c1-12-5-7-16(14(3)9-12)11-18(21)19(22)20-17-8-6-13(2)10-15(17)4;1-12-7-5-9-16(14(12)3)11-18(21)19(22)20-17-10-6-8-13(2)15(17)4;1-17(2)12-8-6-11(7-9-12)16-14(18)13-5-3-4-10-15-13;1-11-7-5-6-10-13(11)14(16)15-12-8-3-2-4-9-12;15-12(11-8-4-5-9-13-11)14-10-6-2-1-3-7-10;15-11(10-8-12-6-7-13-10)14-9-4-2-1-3-5-9;13-11(10-7-4-8-14-10)12-9-5-2-1-3-6-9/h2*5-10H,11H2,1-4H3,(H,20,22);3-10H,1-2H3,(H,16,18);2-10H,1H3,(H,15,16);1-9H,(H,14,15);1-8H,(H,14,15);1-8H,(H,12,13). The molecule has 0 unspecified atom stereocenters. The summed E-state index contributed by atoms with van der Waals surface area (Å²) >= 11 is 1.44. The first kappa shape index (κ1) is 92.2. The number of hydrogen-bond acceptors (Lipinski definition) is 15. The molecule has 21 nitrogen and oxygen atoms in total. The highest BCUT2D eigenvalue weighted by Gasteiger charge is 2.20. The quantitative estimate of drug-likeness (QED) is 0.0371. The topological polar surface area (TPSA) is 293 Å². The number of carbonyl (C=O) groups excluding carboxylic acids is 9. The first-order valence-electron chi connectivity index (χ1n) is 38.9. The molecule has 0 saturated heterocycles. The van der Waals surface area contributed by atoms with E-state index in [1.165, 1.54) is 29.9 Å². The number of carbonyl (C=O) groups is 9. The maximum atomic E-state index is 12.2. The van der Waals surface area contributed by atoms with E-state index in [4.69, 9.17) is 0 Å². The average Bonchev–Trinajstić information content (AvgIpc) is 1.16. The van der Waals surface area contributed by atoms with E-state index in [-0.39, 0.29) is 42.4 Å². The van der Waals surface area contributed by atoms with Crippen LogP contribution in [-0.2, 0) is 32.0 Å². The Morgan fingerprint density at radius 1 is 0.311 bits per heavy atom. The van der Waals surface area contributed by atoms with Gasteiger partial charge in [-0.2, -0.15) is 0 Å². The summed E-state index contributed by atoms with van der Waals surface area (Å²) in [5.74, 6) is -2.73. The Hall–Kier alpha value is -15.3. The number of hydrogen-bond donors (Lipinski definition) is 7. The van der Waals surface area contributed by atoms with E-state index in [2.05, 4.69) is 57.2 Å². The van der Waals surface area contributed by atoms with Gasteiger partial charge in [0.15, 0.2) is 0 Å². The summed E-state index contributed by atoms with van der Waals surface area (Å²) in [6.45, 7) is 17.7. The van der Waals surface area contributed by atoms with Gasteiger partial charge in [-0.15, -0.1) is 11.3 Å². The Balaban J connectivity index is 0.000000178. The van der Waals surface area contributed by atoms with Gasteiger partial charge in [0.1, 0.15) is 17.1 Å². The summed E-state index contributed by atoms with van der Waals surface area (Å²) in [6, 6.07) is 89.8. The molecular formula is C100H98N12O9S. The highest BCUT2D eigenvalue weighted by molar-refractivity contribution is 7.12. The van der Waals surface area contributed by atoms with Crippen molar-refractivity contribution in [3.63, 3.8) is 0 Å². The molecule has 14 aromatic rings. The lowest BCUT2D eigenvalue weighted by Crippen LogP contribution is -2.25. The molecule has 14 rings (SSSR count). The molecule has 0 bridgehead atoms. The second-order valence-electron chi connectivity index (χ2n) is 28.0. The first-order chi connectivity index (χ1) is 58.8. The number of ketones is 2. The Morgan fingerprint density at radius 3 is 1.20 bits per heavy atom. The summed E-state index contributed by atoms with van der Waals surface area (Å²) in [5, 5.41) is 21.3. The minimum absolute atomic E-state index is 0.0498. The fourth-order valence-electron chi connectivity index (χ4n) is 11.3. The molecule has 0 saturated carbocycles. The number of aryl methyl sites for hydroxylation is 7. The number of para-hydroxylation sites is 4. The zero-order chi connectivity index (χ0) is 87.7. The third-order valence-electron chi connectivity index (χ3n) is 18.4. The number of nitrogens with one attached hydrogen (secondary N) is 7. The van der Waals surface area contributed by atoms with Crippen LogP contribution in [-0.4, -0.2) is 86.9 Å². The first-order valence-corrected chi connectivity index (χ1v) is 39.8. The summed E-state index contributed by atoms with van der Waals surface area (Å²) in [5.41, 5.74) is 19.5. The molecular weight excluding hydrogens is 1550 g/mol. The predicted molar refractivity (Wildman–Crippen MR) is 491 cm³/mol. The van der Waals surface area contributed by atoms with Crippen molar-refractivity contribution in [1.82, 2.24) is 19.9 Å². The number of nitrogens with zero attached hydrogens (tertiary/aromatic N) is 5. The molecule has 10 aromatic carbocycles. The lowest BCUT2D eigenvalue weighted by Gasteiger charge is -2.12. The molecule has 22 heteroatoms. The van der Waals surface area contributed by atoms with Crippen LogP contribution in [0.3, 0.4) is 0 Å². The van der Waals surface area contributed by atoms with Crippen LogP contribution in [0.25, 0.3) is 0 Å². The fourth-order valence-corrected chi connectivity index (χ4v) is 11.9. The highest BCUT2D eigenvalue weighted by Crippen LogP contribution is 2.23. The molecule has 0 aliphatic carbocycles. The van der Waals surface area contributed by atoms with Gasteiger partial charge in [0.25, 0.3) is 41.4 Å². The van der Waals surface area contributed by atoms with E-state index in [1.807, 2.05) is 341 Å². The van der Waals surface area contributed by atoms with Gasteiger partial charge in [-0.25, -0.2) is 4.98 Å². The van der Waals surface area contributed by atoms with E-state index >= 15 is 0 Å². The number of benzene rings is 10. The van der Waals surface area contributed by atoms with Crippen molar-refractivity contribution in [3.8, 4) is 0 Å². The maximum absolute atomic E-state index is 12.2. The van der Waals surface area contributed by atoms with Crippen molar-refractivity contribution >= 4 is 110 Å². The third-order valence-corrected chi connectivity index (χ3v) is 19.3. The largest absolute Gasteiger partial charge is 0.378 e. The van der Waals surface area contributed by atoms with Crippen LogP contribution in [0, 0.1) is 62.3 Å². The lowest BCUT2D eigenvalue weighted by atomic mass is 9.99. The molecule has 0 radical (unpaired) electrons. The molecule has 0 fully saturated rings. The Morgan fingerprint density at radius 2 is 0.738 bits per heavy atom. The number of thiophene rings is 1. The summed E-state index contributed by atoms with van der Waals surface area (Å²) < 4.78 is 0. The summed E-state index contributed by atoms with van der Waals surface area (Å²) in [7, 11) is 3.95. The van der Waals surface area contributed by atoms with Gasteiger partial charge in [-0.3, -0.25) is 58.1 Å². The van der Waals surface area contributed by atoms with Gasteiger partial charge in [-0.05, 0) is 239 Å². The van der Waals surface area contributed by atoms with Crippen molar-refractivity contribution in [2.45, 2.75) is 75.2 Å². The number of Topliss-reactive ketones (excluding diaryl/α,β-unsaturated/α-hetero) is 2. The molecule has 0 spiro atoms. The van der Waals surface area contributed by atoms with Crippen molar-refractivity contribution < 1.29 is 43.2 Å². The normalized spacial score (nSPS) is 9.96. The fraction of sp³-hybridized carbons (Fsp3) is 0.130. The highest BCUT2D eigenvalue weighted by atomic mass is 32.1. The molecule has 122 heavy (non-hydrogen) atoms. The van der Waals surface area contributed by atoms with Gasteiger partial charge < -0.3 is 42.1 Å². The molecule has 618 valence electrons. The molecule has 0 aliphatic heterocycles. The number of aromatic nitrogens is 4. The summed E-state index contributed by atoms with van der Waals surface area (Å²) in [6.07, 6.45) is 7.90. The molecule has 0 aliphatic rings. The molecule has 7 N–H and O–H groups in total. The molecule has 4 heterocycles. The van der Waals surface area contributed by atoms with Gasteiger partial charge >= 0.3 is 0 Å². The minimum Gasteiger partial charge on any atom is -0.378 e. The van der Waals surface area contributed by atoms with E-state index in [0.717, 1.165) is 100 Å². The van der Waals surface area contributed by atoms with Crippen molar-refractivity contribution in [3.05, 3.63) is 416 Å². The molecule has 7 amide bonds. The van der Waals surface area contributed by atoms with Crippen LogP contribution in [0.4, 0.5) is 45.5 Å². The second kappa shape index (κ2) is 48.4. The molecule has 0 atom stereocenters. The minimum atomic E-state index is -0.563. The lowest BCUT2D eigenvalue weighted by molar-refractivity contribution is -0.134. The van der Waals surface area contributed by atoms with Crippen LogP contribution in [0.5, 0.6) is 0 Å². The van der Waals surface area contributed by atoms with Gasteiger partial charge in [0.2, 0.25) is 11.6 Å². The second-order valence-corrected chi connectivity index (χ2v) is 28.9. The van der Waals surface area contributed by atoms with Gasteiger partial charge in [0, 0.05) is 103 Å². The Kier molecular flexibility index (Phi) is 36.6. The van der Waals surface area contributed by atoms with Gasteiger partial charge in [-0.1, -0.05) is 181 Å². The van der Waals surface area contributed by atoms with E-state index < -0.39 is 23.4 Å². The van der Waals surface area contributed by atoms with E-state index in [1.54, 1.807) is 48.8 Å². The number of anilines is 8. The van der Waals surface area contributed by atoms with Crippen molar-refractivity contribution in [2.75, 3.05) is 56.2 Å². The average molecular weight is 1640 g/mol. The molecule has 4 aromatic heterocycles.